The highest BCUT2D eigenvalue weighted by molar-refractivity contribution is 5.81. The molecule has 0 amide bonds. The topological polar surface area (TPSA) is 89.9 Å². The molecule has 0 saturated carbocycles. The molecule has 1 atom stereocenters. The first-order valence-corrected chi connectivity index (χ1v) is 8.85. The first-order chi connectivity index (χ1) is 12.0. The number of unbranched alkanes of at least 4 members (excludes halogenated alkanes) is 5. The molecular formula is C19H30O6. The van der Waals surface area contributed by atoms with Crippen molar-refractivity contribution >= 4 is 17.9 Å². The van der Waals surface area contributed by atoms with Gasteiger partial charge in [0.2, 0.25) is 0 Å². The van der Waals surface area contributed by atoms with Crippen LogP contribution in [-0.2, 0) is 23.9 Å². The summed E-state index contributed by atoms with van der Waals surface area (Å²) in [7, 11) is 0. The molecule has 6 nitrogen and oxygen atoms in total. The van der Waals surface area contributed by atoms with Crippen LogP contribution in [0.2, 0.25) is 0 Å². The molecule has 0 saturated heterocycles. The van der Waals surface area contributed by atoms with Crippen LogP contribution < -0.4 is 0 Å². The van der Waals surface area contributed by atoms with Crippen LogP contribution in [0.1, 0.15) is 58.3 Å². The third-order valence-electron chi connectivity index (χ3n) is 3.51. The van der Waals surface area contributed by atoms with E-state index in [2.05, 4.69) is 13.5 Å². The third kappa shape index (κ3) is 14.0. The molecule has 1 N–H and O–H groups in total. The average Bonchev–Trinajstić information content (AvgIpc) is 2.59. The molecule has 1 unspecified atom stereocenters. The molecule has 0 aliphatic carbocycles. The highest BCUT2D eigenvalue weighted by Crippen LogP contribution is 2.10. The van der Waals surface area contributed by atoms with Gasteiger partial charge in [0.25, 0.3) is 0 Å². The number of esters is 2. The highest BCUT2D eigenvalue weighted by Gasteiger charge is 2.19. The third-order valence-corrected chi connectivity index (χ3v) is 3.51. The van der Waals surface area contributed by atoms with Gasteiger partial charge in [-0.2, -0.15) is 0 Å². The molecule has 6 heteroatoms. The number of carbonyl (C=O) groups is 3. The second-order valence-electron chi connectivity index (χ2n) is 5.73. The standard InChI is InChI=1S/C19H30O6/c1-3-5-6-7-8-9-12-16(19(22)23)15-18(21)25-14-11-10-13-24-17(20)4-2/h4,9,12,16H,2-3,5-8,10-11,13-15H2,1H3,(H,22,23). The van der Waals surface area contributed by atoms with Crippen LogP contribution in [0.25, 0.3) is 0 Å². The van der Waals surface area contributed by atoms with Crippen molar-refractivity contribution in [3.05, 3.63) is 24.8 Å². The van der Waals surface area contributed by atoms with Crippen LogP contribution in [0.15, 0.2) is 24.8 Å². The van der Waals surface area contributed by atoms with Crippen molar-refractivity contribution in [3.8, 4) is 0 Å². The van der Waals surface area contributed by atoms with Gasteiger partial charge < -0.3 is 14.6 Å². The monoisotopic (exact) mass is 354 g/mol. The van der Waals surface area contributed by atoms with Crippen LogP contribution in [0, 0.1) is 5.92 Å². The number of allylic oxidation sites excluding steroid dienone is 1. The maximum absolute atomic E-state index is 11.7. The Hall–Kier alpha value is -2.11. The summed E-state index contributed by atoms with van der Waals surface area (Å²) in [6.07, 6.45) is 10.7. The van der Waals surface area contributed by atoms with Gasteiger partial charge in [0.1, 0.15) is 0 Å². The average molecular weight is 354 g/mol. The van der Waals surface area contributed by atoms with Gasteiger partial charge in [-0.05, 0) is 25.7 Å². The van der Waals surface area contributed by atoms with E-state index < -0.39 is 23.8 Å². The lowest BCUT2D eigenvalue weighted by Gasteiger charge is -2.08. The zero-order valence-electron chi connectivity index (χ0n) is 15.1. The summed E-state index contributed by atoms with van der Waals surface area (Å²) < 4.78 is 9.81. The van der Waals surface area contributed by atoms with Gasteiger partial charge in [-0.25, -0.2) is 4.79 Å². The smallest absolute Gasteiger partial charge is 0.330 e. The summed E-state index contributed by atoms with van der Waals surface area (Å²) in [5.41, 5.74) is 0. The molecule has 142 valence electrons. The van der Waals surface area contributed by atoms with Gasteiger partial charge in [-0.15, -0.1) is 0 Å². The number of hydrogen-bond donors (Lipinski definition) is 1. The number of ether oxygens (including phenoxy) is 2. The second-order valence-corrected chi connectivity index (χ2v) is 5.73. The number of rotatable bonds is 15. The molecule has 0 spiro atoms. The van der Waals surface area contributed by atoms with E-state index in [1.54, 1.807) is 6.08 Å². The molecule has 0 aliphatic rings. The zero-order chi connectivity index (χ0) is 18.9. The molecule has 0 bridgehead atoms. The van der Waals surface area contributed by atoms with Crippen LogP contribution in [0.4, 0.5) is 0 Å². The van der Waals surface area contributed by atoms with E-state index in [9.17, 15) is 14.4 Å². The Bertz CT molecular complexity index is 441. The van der Waals surface area contributed by atoms with Crippen LogP contribution in [-0.4, -0.2) is 36.2 Å². The minimum absolute atomic E-state index is 0.174. The van der Waals surface area contributed by atoms with Crippen LogP contribution in [0.3, 0.4) is 0 Å². The number of carboxylic acids is 1. The summed E-state index contributed by atoms with van der Waals surface area (Å²) in [5.74, 6) is -2.90. The predicted molar refractivity (Wildman–Crippen MR) is 95.0 cm³/mol. The second kappa shape index (κ2) is 15.4. The summed E-state index contributed by atoms with van der Waals surface area (Å²) >= 11 is 0. The fraction of sp³-hybridized carbons (Fsp3) is 0.632. The van der Waals surface area contributed by atoms with Crippen LogP contribution in [0.5, 0.6) is 0 Å². The lowest BCUT2D eigenvalue weighted by atomic mass is 10.0. The molecule has 0 radical (unpaired) electrons. The molecule has 0 heterocycles. The lowest BCUT2D eigenvalue weighted by Crippen LogP contribution is -2.18. The van der Waals surface area contributed by atoms with Crippen LogP contribution >= 0.6 is 0 Å². The Morgan fingerprint density at radius 3 is 2.32 bits per heavy atom. The Morgan fingerprint density at radius 2 is 1.72 bits per heavy atom. The minimum atomic E-state index is -1.03. The number of carbonyl (C=O) groups excluding carboxylic acids is 2. The quantitative estimate of drug-likeness (QED) is 0.209. The SMILES string of the molecule is C=CC(=O)OCCCCOC(=O)CC(C=CCCCCCC)C(=O)O. The first kappa shape index (κ1) is 22.9. The number of hydrogen-bond acceptors (Lipinski definition) is 5. The van der Waals surface area contributed by atoms with E-state index in [1.807, 2.05) is 6.08 Å². The molecule has 0 rings (SSSR count). The maximum atomic E-state index is 11.7. The largest absolute Gasteiger partial charge is 0.481 e. The van der Waals surface area contributed by atoms with Crippen molar-refractivity contribution in [2.75, 3.05) is 13.2 Å². The molecule has 0 aromatic heterocycles. The van der Waals surface area contributed by atoms with Gasteiger partial charge in [0.15, 0.2) is 0 Å². The van der Waals surface area contributed by atoms with E-state index in [0.717, 1.165) is 31.8 Å². The Labute approximate surface area is 149 Å². The van der Waals surface area contributed by atoms with Gasteiger partial charge in [0, 0.05) is 6.08 Å². The molecule has 0 fully saturated rings. The van der Waals surface area contributed by atoms with Gasteiger partial charge in [-0.3, -0.25) is 9.59 Å². The van der Waals surface area contributed by atoms with Gasteiger partial charge in [-0.1, -0.05) is 44.9 Å². The minimum Gasteiger partial charge on any atom is -0.481 e. The highest BCUT2D eigenvalue weighted by atomic mass is 16.5. The Kier molecular flexibility index (Phi) is 14.1. The first-order valence-electron chi connectivity index (χ1n) is 8.85. The van der Waals surface area contributed by atoms with E-state index in [-0.39, 0.29) is 19.6 Å². The number of carboxylic acid groups (broad SMARTS) is 1. The molecule has 25 heavy (non-hydrogen) atoms. The van der Waals surface area contributed by atoms with Crippen molar-refractivity contribution < 1.29 is 29.0 Å². The van der Waals surface area contributed by atoms with Crippen molar-refractivity contribution in [2.45, 2.75) is 58.3 Å². The molecule has 0 aromatic carbocycles. The maximum Gasteiger partial charge on any atom is 0.330 e. The zero-order valence-corrected chi connectivity index (χ0v) is 15.1. The Morgan fingerprint density at radius 1 is 1.04 bits per heavy atom. The van der Waals surface area contributed by atoms with Crippen molar-refractivity contribution in [3.63, 3.8) is 0 Å². The van der Waals surface area contributed by atoms with Crippen molar-refractivity contribution in [1.82, 2.24) is 0 Å². The predicted octanol–water partition coefficient (Wildman–Crippen LogP) is 3.66. The summed E-state index contributed by atoms with van der Waals surface area (Å²) in [5, 5.41) is 9.16. The fourth-order valence-electron chi connectivity index (χ4n) is 2.05. The van der Waals surface area contributed by atoms with Gasteiger partial charge >= 0.3 is 17.9 Å². The lowest BCUT2D eigenvalue weighted by molar-refractivity contribution is -0.150. The normalized spacial score (nSPS) is 11.9. The summed E-state index contributed by atoms with van der Waals surface area (Å²) in [6, 6.07) is 0. The summed E-state index contributed by atoms with van der Waals surface area (Å²) in [6.45, 7) is 5.83. The van der Waals surface area contributed by atoms with E-state index in [0.29, 0.717) is 12.8 Å². The Balaban J connectivity index is 3.92. The van der Waals surface area contributed by atoms with E-state index in [1.165, 1.54) is 6.42 Å². The molecule has 0 aromatic rings. The van der Waals surface area contributed by atoms with Crippen molar-refractivity contribution in [1.29, 1.82) is 0 Å². The number of aliphatic carboxylic acids is 1. The van der Waals surface area contributed by atoms with Crippen molar-refractivity contribution in [2.24, 2.45) is 5.92 Å². The molecular weight excluding hydrogens is 324 g/mol. The van der Waals surface area contributed by atoms with E-state index >= 15 is 0 Å². The summed E-state index contributed by atoms with van der Waals surface area (Å²) in [4.78, 5) is 33.7. The molecule has 0 aliphatic heterocycles. The van der Waals surface area contributed by atoms with Gasteiger partial charge in [0.05, 0.1) is 25.6 Å². The van der Waals surface area contributed by atoms with E-state index in [4.69, 9.17) is 14.6 Å². The fourth-order valence-corrected chi connectivity index (χ4v) is 2.05.